The Morgan fingerprint density at radius 3 is 2.45 bits per heavy atom. The molecule has 0 aromatic rings. The van der Waals surface area contributed by atoms with E-state index < -0.39 is 0 Å². The molecule has 0 saturated heterocycles. The van der Waals surface area contributed by atoms with Crippen LogP contribution in [0.4, 0.5) is 0 Å². The Morgan fingerprint density at radius 2 is 1.86 bits per heavy atom. The van der Waals surface area contributed by atoms with Crippen molar-refractivity contribution in [3.8, 4) is 0 Å². The molecule has 0 aromatic heterocycles. The Balaban J connectivity index is 2.90. The predicted molar refractivity (Wildman–Crippen MR) is 105 cm³/mol. The van der Waals surface area contributed by atoms with Crippen LogP contribution in [-0.2, 0) is 4.79 Å². The van der Waals surface area contributed by atoms with E-state index in [0.29, 0.717) is 0 Å². The lowest BCUT2D eigenvalue weighted by Crippen LogP contribution is -2.19. The Bertz CT molecular complexity index is 569. The maximum absolute atomic E-state index is 10.5. The van der Waals surface area contributed by atoms with Crippen molar-refractivity contribution in [3.63, 3.8) is 0 Å². The van der Waals surface area contributed by atoms with Gasteiger partial charge < -0.3 is 0 Å². The monoisotopic (exact) mass is 410 g/mol. The van der Waals surface area contributed by atoms with Crippen molar-refractivity contribution >= 4 is 28.9 Å². The Labute approximate surface area is 149 Å². The van der Waals surface area contributed by atoms with Crippen LogP contribution < -0.4 is 0 Å². The van der Waals surface area contributed by atoms with E-state index >= 15 is 0 Å². The Morgan fingerprint density at radius 1 is 1.18 bits per heavy atom. The third kappa shape index (κ3) is 5.71. The quantitative estimate of drug-likeness (QED) is 0.219. The topological polar surface area (TPSA) is 17.1 Å². The molecule has 0 aliphatic heterocycles. The van der Waals surface area contributed by atoms with Crippen molar-refractivity contribution < 1.29 is 4.79 Å². The standard InChI is InChI=1S/C20H27IO/c1-15(9-11-19(21)17(3)12-14-22)8-10-18-16(2)7-6-13-20(18,4)5/h8-12,14H,6-7,13H2,1-5H3/b10-8+,15-9+,17-12+,19-11-. The van der Waals surface area contributed by atoms with Gasteiger partial charge in [-0.2, -0.15) is 0 Å². The first-order valence-corrected chi connectivity index (χ1v) is 8.90. The van der Waals surface area contributed by atoms with Crippen molar-refractivity contribution in [1.82, 2.24) is 0 Å². The molecule has 0 atom stereocenters. The van der Waals surface area contributed by atoms with E-state index in [9.17, 15) is 4.79 Å². The number of hydrogen-bond acceptors (Lipinski definition) is 1. The molecular formula is C20H27IO. The smallest absolute Gasteiger partial charge is 0.143 e. The molecule has 0 heterocycles. The van der Waals surface area contributed by atoms with Crippen LogP contribution in [0.2, 0.25) is 0 Å². The summed E-state index contributed by atoms with van der Waals surface area (Å²) < 4.78 is 1.09. The molecule has 1 aliphatic rings. The van der Waals surface area contributed by atoms with Gasteiger partial charge in [0.1, 0.15) is 6.29 Å². The van der Waals surface area contributed by atoms with E-state index in [4.69, 9.17) is 0 Å². The number of halogens is 1. The maximum Gasteiger partial charge on any atom is 0.143 e. The summed E-state index contributed by atoms with van der Waals surface area (Å²) in [5, 5.41) is 0. The zero-order valence-corrected chi connectivity index (χ0v) is 16.5. The van der Waals surface area contributed by atoms with Gasteiger partial charge in [0.25, 0.3) is 0 Å². The van der Waals surface area contributed by atoms with E-state index in [1.165, 1.54) is 36.0 Å². The minimum atomic E-state index is 0.284. The lowest BCUT2D eigenvalue weighted by molar-refractivity contribution is -0.104. The maximum atomic E-state index is 10.5. The zero-order valence-electron chi connectivity index (χ0n) is 14.4. The van der Waals surface area contributed by atoms with Gasteiger partial charge in [-0.3, -0.25) is 4.79 Å². The van der Waals surface area contributed by atoms with Crippen LogP contribution in [0.25, 0.3) is 0 Å². The van der Waals surface area contributed by atoms with E-state index in [1.807, 2.05) is 6.92 Å². The van der Waals surface area contributed by atoms with Crippen LogP contribution in [0.3, 0.4) is 0 Å². The SMILES string of the molecule is CC1=C(/C=C/C(C)=C/C=C(I)/C(C)=C/C=O)C(C)(C)CCC1. The highest BCUT2D eigenvalue weighted by Gasteiger charge is 2.26. The van der Waals surface area contributed by atoms with Gasteiger partial charge in [0.15, 0.2) is 0 Å². The largest absolute Gasteiger partial charge is 0.299 e. The molecule has 0 aromatic carbocycles. The Kier molecular flexibility index (Phi) is 7.54. The average molecular weight is 410 g/mol. The fraction of sp³-hybridized carbons (Fsp3) is 0.450. The lowest BCUT2D eigenvalue weighted by Gasteiger charge is -2.32. The second-order valence-corrected chi connectivity index (χ2v) is 7.84. The van der Waals surface area contributed by atoms with Gasteiger partial charge in [-0.15, -0.1) is 0 Å². The predicted octanol–water partition coefficient (Wildman–Crippen LogP) is 6.48. The lowest BCUT2D eigenvalue weighted by atomic mass is 9.72. The summed E-state index contributed by atoms with van der Waals surface area (Å²) in [5.41, 5.74) is 5.51. The molecule has 0 bridgehead atoms. The van der Waals surface area contributed by atoms with Gasteiger partial charge >= 0.3 is 0 Å². The van der Waals surface area contributed by atoms with E-state index in [2.05, 4.69) is 74.6 Å². The summed E-state index contributed by atoms with van der Waals surface area (Å²) >= 11 is 2.26. The fourth-order valence-electron chi connectivity index (χ4n) is 2.80. The molecule has 0 fully saturated rings. The minimum Gasteiger partial charge on any atom is -0.299 e. The van der Waals surface area contributed by atoms with Crippen molar-refractivity contribution in [2.75, 3.05) is 0 Å². The highest BCUT2D eigenvalue weighted by Crippen LogP contribution is 2.40. The highest BCUT2D eigenvalue weighted by atomic mass is 127. The third-order valence-electron chi connectivity index (χ3n) is 4.24. The molecule has 0 amide bonds. The van der Waals surface area contributed by atoms with Gasteiger partial charge in [0.05, 0.1) is 0 Å². The molecule has 1 aliphatic carbocycles. The minimum absolute atomic E-state index is 0.284. The van der Waals surface area contributed by atoms with Crippen molar-refractivity contribution in [3.05, 3.63) is 56.3 Å². The summed E-state index contributed by atoms with van der Waals surface area (Å²) in [7, 11) is 0. The summed E-state index contributed by atoms with van der Waals surface area (Å²) in [6, 6.07) is 0. The van der Waals surface area contributed by atoms with E-state index in [1.54, 1.807) is 6.08 Å². The molecule has 2 heteroatoms. The van der Waals surface area contributed by atoms with Crippen LogP contribution in [-0.4, -0.2) is 6.29 Å². The summed E-state index contributed by atoms with van der Waals surface area (Å²) in [4.78, 5) is 10.5. The first kappa shape index (κ1) is 19.1. The third-order valence-corrected chi connectivity index (χ3v) is 5.45. The summed E-state index contributed by atoms with van der Waals surface area (Å²) in [6.07, 6.45) is 14.9. The van der Waals surface area contributed by atoms with Crippen molar-refractivity contribution in [1.29, 1.82) is 0 Å². The van der Waals surface area contributed by atoms with Gasteiger partial charge in [-0.1, -0.05) is 43.2 Å². The molecule has 0 radical (unpaired) electrons. The molecule has 120 valence electrons. The Hall–Kier alpha value is -0.900. The van der Waals surface area contributed by atoms with Gasteiger partial charge in [-0.05, 0) is 91.3 Å². The van der Waals surface area contributed by atoms with E-state index in [-0.39, 0.29) is 5.41 Å². The van der Waals surface area contributed by atoms with Gasteiger partial charge in [0.2, 0.25) is 0 Å². The average Bonchev–Trinajstić information content (AvgIpc) is 2.43. The van der Waals surface area contributed by atoms with E-state index in [0.717, 1.165) is 15.4 Å². The number of carbonyl (C=O) groups is 1. The highest BCUT2D eigenvalue weighted by molar-refractivity contribution is 14.1. The fourth-order valence-corrected chi connectivity index (χ4v) is 3.16. The second kappa shape index (κ2) is 8.66. The van der Waals surface area contributed by atoms with Crippen LogP contribution in [0, 0.1) is 5.41 Å². The normalized spacial score (nSPS) is 20.7. The second-order valence-electron chi connectivity index (χ2n) is 6.68. The van der Waals surface area contributed by atoms with Crippen LogP contribution in [0.5, 0.6) is 0 Å². The molecule has 0 saturated carbocycles. The molecule has 1 nitrogen and oxygen atoms in total. The van der Waals surface area contributed by atoms with Crippen LogP contribution in [0.15, 0.2) is 56.3 Å². The first-order valence-electron chi connectivity index (χ1n) is 7.83. The molecule has 22 heavy (non-hydrogen) atoms. The molecule has 0 N–H and O–H groups in total. The van der Waals surface area contributed by atoms with Crippen molar-refractivity contribution in [2.45, 2.75) is 53.9 Å². The van der Waals surface area contributed by atoms with Gasteiger partial charge in [0, 0.05) is 3.58 Å². The molecule has 0 spiro atoms. The van der Waals surface area contributed by atoms with Crippen LogP contribution >= 0.6 is 22.6 Å². The number of allylic oxidation sites excluding steroid dienone is 10. The molecule has 0 unspecified atom stereocenters. The zero-order chi connectivity index (χ0) is 16.8. The van der Waals surface area contributed by atoms with Crippen LogP contribution in [0.1, 0.15) is 53.9 Å². The summed E-state index contributed by atoms with van der Waals surface area (Å²) in [5.74, 6) is 0. The number of rotatable bonds is 5. The summed E-state index contributed by atoms with van der Waals surface area (Å²) in [6.45, 7) is 11.0. The molecule has 1 rings (SSSR count). The number of aldehydes is 1. The van der Waals surface area contributed by atoms with Gasteiger partial charge in [-0.25, -0.2) is 0 Å². The number of hydrogen-bond donors (Lipinski definition) is 0. The first-order chi connectivity index (χ1) is 10.3. The number of carbonyl (C=O) groups excluding carboxylic acids is 1. The molecular weight excluding hydrogens is 383 g/mol. The van der Waals surface area contributed by atoms with Crippen molar-refractivity contribution in [2.24, 2.45) is 5.41 Å².